The average Bonchev–Trinajstić information content (AvgIpc) is 3.09. The summed E-state index contributed by atoms with van der Waals surface area (Å²) in [5.41, 5.74) is 2.10. The van der Waals surface area contributed by atoms with Crippen LogP contribution in [0.3, 0.4) is 0 Å². The molecule has 0 bridgehead atoms. The van der Waals surface area contributed by atoms with E-state index in [4.69, 9.17) is 9.47 Å². The summed E-state index contributed by atoms with van der Waals surface area (Å²) in [4.78, 5) is 0. The molecule has 0 spiro atoms. The topological polar surface area (TPSA) is 58.9 Å². The summed E-state index contributed by atoms with van der Waals surface area (Å²) < 4.78 is 12.1. The highest BCUT2D eigenvalue weighted by Crippen LogP contribution is 2.40. The Morgan fingerprint density at radius 2 is 1.18 bits per heavy atom. The molecule has 4 nitrogen and oxygen atoms in total. The Hall–Kier alpha value is -2.50. The van der Waals surface area contributed by atoms with E-state index in [0.29, 0.717) is 0 Å². The maximum absolute atomic E-state index is 10.2. The summed E-state index contributed by atoms with van der Waals surface area (Å²) >= 11 is 0. The van der Waals surface area contributed by atoms with Crippen LogP contribution in [0.15, 0.2) is 91.0 Å². The third-order valence-electron chi connectivity index (χ3n) is 5.26. The van der Waals surface area contributed by atoms with Crippen LogP contribution in [0.25, 0.3) is 0 Å². The summed E-state index contributed by atoms with van der Waals surface area (Å²) in [6.07, 6.45) is -2.42. The molecule has 1 aliphatic heterocycles. The van der Waals surface area contributed by atoms with Gasteiger partial charge in [0.2, 0.25) is 0 Å². The molecule has 4 heteroatoms. The predicted molar refractivity (Wildman–Crippen MR) is 107 cm³/mol. The lowest BCUT2D eigenvalue weighted by Gasteiger charge is -2.37. The van der Waals surface area contributed by atoms with Gasteiger partial charge in [-0.2, -0.15) is 0 Å². The first kappa shape index (κ1) is 18.8. The van der Waals surface area contributed by atoms with Gasteiger partial charge in [0.15, 0.2) is 0 Å². The zero-order chi connectivity index (χ0) is 19.4. The lowest BCUT2D eigenvalue weighted by atomic mass is 9.80. The van der Waals surface area contributed by atoms with Crippen molar-refractivity contribution in [2.24, 2.45) is 0 Å². The van der Waals surface area contributed by atoms with E-state index in [9.17, 15) is 10.2 Å². The Balaban J connectivity index is 1.81. The molecular formula is C24H24O4. The Morgan fingerprint density at radius 1 is 0.750 bits per heavy atom. The zero-order valence-electron chi connectivity index (χ0n) is 15.5. The number of benzene rings is 3. The van der Waals surface area contributed by atoms with E-state index in [0.717, 1.165) is 16.7 Å². The molecular weight excluding hydrogens is 352 g/mol. The fourth-order valence-corrected chi connectivity index (χ4v) is 3.79. The third-order valence-corrected chi connectivity index (χ3v) is 5.26. The molecule has 3 aromatic rings. The maximum Gasteiger partial charge on any atom is 0.143 e. The van der Waals surface area contributed by atoms with Gasteiger partial charge in [-0.25, -0.2) is 0 Å². The fraction of sp³-hybridized carbons (Fsp3) is 0.250. The molecule has 144 valence electrons. The average molecular weight is 376 g/mol. The van der Waals surface area contributed by atoms with Crippen LogP contribution in [0.5, 0.6) is 0 Å². The Labute approximate surface area is 165 Å². The second-order valence-electron chi connectivity index (χ2n) is 7.02. The Kier molecular flexibility index (Phi) is 5.55. The van der Waals surface area contributed by atoms with Crippen molar-refractivity contribution in [1.82, 2.24) is 0 Å². The van der Waals surface area contributed by atoms with Crippen LogP contribution in [0.1, 0.15) is 16.7 Å². The third kappa shape index (κ3) is 3.48. The lowest BCUT2D eigenvalue weighted by Crippen LogP contribution is -2.39. The van der Waals surface area contributed by atoms with Crippen molar-refractivity contribution in [2.75, 3.05) is 13.2 Å². The highest BCUT2D eigenvalue weighted by molar-refractivity contribution is 5.47. The molecule has 3 atom stereocenters. The number of ether oxygens (including phenoxy) is 2. The molecule has 1 saturated heterocycles. The highest BCUT2D eigenvalue weighted by Gasteiger charge is 2.41. The molecule has 3 aromatic carbocycles. The minimum absolute atomic E-state index is 0.115. The monoisotopic (exact) mass is 376 g/mol. The van der Waals surface area contributed by atoms with Crippen molar-refractivity contribution in [3.05, 3.63) is 108 Å². The van der Waals surface area contributed by atoms with E-state index in [2.05, 4.69) is 0 Å². The highest BCUT2D eigenvalue weighted by atomic mass is 16.6. The van der Waals surface area contributed by atoms with Gasteiger partial charge in [-0.15, -0.1) is 0 Å². The molecule has 2 N–H and O–H groups in total. The van der Waals surface area contributed by atoms with Crippen LogP contribution < -0.4 is 0 Å². The van der Waals surface area contributed by atoms with Gasteiger partial charge in [0.25, 0.3) is 0 Å². The first-order valence-electron chi connectivity index (χ1n) is 9.50. The lowest BCUT2D eigenvalue weighted by molar-refractivity contribution is -0.0725. The quantitative estimate of drug-likeness (QED) is 0.649. The molecule has 0 saturated carbocycles. The summed E-state index contributed by atoms with van der Waals surface area (Å²) in [5, 5.41) is 20.0. The van der Waals surface area contributed by atoms with Crippen molar-refractivity contribution in [1.29, 1.82) is 0 Å². The van der Waals surface area contributed by atoms with Crippen molar-refractivity contribution in [2.45, 2.75) is 23.9 Å². The normalized spacial score (nSPS) is 22.3. The number of aliphatic hydroxyl groups excluding tert-OH is 2. The van der Waals surface area contributed by atoms with E-state index in [1.807, 2.05) is 91.0 Å². The van der Waals surface area contributed by atoms with Gasteiger partial charge in [0, 0.05) is 0 Å². The van der Waals surface area contributed by atoms with Gasteiger partial charge in [0.05, 0.1) is 13.2 Å². The number of hydrogen-bond acceptors (Lipinski definition) is 4. The first-order chi connectivity index (χ1) is 13.7. The smallest absolute Gasteiger partial charge is 0.143 e. The van der Waals surface area contributed by atoms with E-state index in [1.54, 1.807) is 0 Å². The van der Waals surface area contributed by atoms with Gasteiger partial charge in [0.1, 0.15) is 23.9 Å². The molecule has 28 heavy (non-hydrogen) atoms. The molecule has 4 rings (SSSR count). The molecule has 1 aliphatic rings. The largest absolute Gasteiger partial charge is 0.388 e. The van der Waals surface area contributed by atoms with Crippen molar-refractivity contribution >= 4 is 0 Å². The molecule has 0 aliphatic carbocycles. The zero-order valence-corrected chi connectivity index (χ0v) is 15.5. The summed E-state index contributed by atoms with van der Waals surface area (Å²) in [7, 11) is 0. The number of rotatable bonds is 6. The van der Waals surface area contributed by atoms with Crippen LogP contribution in [0.2, 0.25) is 0 Å². The minimum atomic E-state index is -0.958. The van der Waals surface area contributed by atoms with Crippen molar-refractivity contribution in [3.8, 4) is 0 Å². The molecule has 1 fully saturated rings. The maximum atomic E-state index is 10.2. The standard InChI is InChI=1S/C24H24O4/c25-21-16-27-22(23(21)26)17-28-24(18-10-4-1-5-11-18,19-12-6-2-7-13-19)20-14-8-3-9-15-20/h1-15,21-23,25-26H,16-17H2/t21-,22+,23-/m0/s1. The van der Waals surface area contributed by atoms with Crippen LogP contribution in [0, 0.1) is 0 Å². The molecule has 1 heterocycles. The fourth-order valence-electron chi connectivity index (χ4n) is 3.79. The SMILES string of the molecule is O[C@H]1[C@@H](O)CO[C@@H]1COC(c1ccccc1)(c1ccccc1)c1ccccc1. The van der Waals surface area contributed by atoms with Gasteiger partial charge in [-0.05, 0) is 16.7 Å². The second kappa shape index (κ2) is 8.25. The van der Waals surface area contributed by atoms with Gasteiger partial charge >= 0.3 is 0 Å². The number of hydrogen-bond donors (Lipinski definition) is 2. The van der Waals surface area contributed by atoms with E-state index < -0.39 is 23.9 Å². The van der Waals surface area contributed by atoms with Crippen molar-refractivity contribution < 1.29 is 19.7 Å². The van der Waals surface area contributed by atoms with Gasteiger partial charge < -0.3 is 19.7 Å². The first-order valence-corrected chi connectivity index (χ1v) is 9.50. The van der Waals surface area contributed by atoms with E-state index in [1.165, 1.54) is 0 Å². The van der Waals surface area contributed by atoms with Crippen LogP contribution >= 0.6 is 0 Å². The molecule has 0 amide bonds. The second-order valence-corrected chi connectivity index (χ2v) is 7.02. The summed E-state index contributed by atoms with van der Waals surface area (Å²) in [5.74, 6) is 0. The Bertz CT molecular complexity index is 770. The van der Waals surface area contributed by atoms with Crippen LogP contribution in [-0.2, 0) is 15.1 Å². The van der Waals surface area contributed by atoms with Crippen LogP contribution in [-0.4, -0.2) is 41.7 Å². The van der Waals surface area contributed by atoms with E-state index in [-0.39, 0.29) is 13.2 Å². The molecule has 0 radical (unpaired) electrons. The summed E-state index contributed by atoms with van der Waals surface area (Å²) in [6.45, 7) is 0.265. The van der Waals surface area contributed by atoms with Gasteiger partial charge in [-0.3, -0.25) is 0 Å². The van der Waals surface area contributed by atoms with Crippen LogP contribution in [0.4, 0.5) is 0 Å². The molecule has 0 unspecified atom stereocenters. The predicted octanol–water partition coefficient (Wildman–Crippen LogP) is 3.12. The summed E-state index contributed by atoms with van der Waals surface area (Å²) in [6, 6.07) is 30.1. The van der Waals surface area contributed by atoms with Crippen molar-refractivity contribution in [3.63, 3.8) is 0 Å². The Morgan fingerprint density at radius 3 is 1.54 bits per heavy atom. The number of aliphatic hydroxyl groups is 2. The van der Waals surface area contributed by atoms with E-state index >= 15 is 0 Å². The van der Waals surface area contributed by atoms with Gasteiger partial charge in [-0.1, -0.05) is 91.0 Å². The molecule has 0 aromatic heterocycles. The minimum Gasteiger partial charge on any atom is -0.388 e.